The quantitative estimate of drug-likeness (QED) is 0.587. The van der Waals surface area contributed by atoms with E-state index in [0.717, 1.165) is 59.4 Å². The summed E-state index contributed by atoms with van der Waals surface area (Å²) >= 11 is 6.05. The number of ketones is 1. The van der Waals surface area contributed by atoms with E-state index in [1.54, 1.807) is 0 Å². The van der Waals surface area contributed by atoms with E-state index in [1.165, 1.54) is 0 Å². The number of benzene rings is 2. The second kappa shape index (κ2) is 7.95. The topological polar surface area (TPSA) is 37.4 Å². The molecule has 1 saturated carbocycles. The molecule has 2 aliphatic rings. The van der Waals surface area contributed by atoms with E-state index in [0.29, 0.717) is 13.1 Å². The van der Waals surface area contributed by atoms with Gasteiger partial charge in [-0.25, -0.2) is 0 Å². The van der Waals surface area contributed by atoms with Gasteiger partial charge in [0.05, 0.1) is 0 Å². The van der Waals surface area contributed by atoms with Gasteiger partial charge in [0.2, 0.25) is 5.91 Å². The summed E-state index contributed by atoms with van der Waals surface area (Å²) in [4.78, 5) is 27.7. The Bertz CT molecular complexity index is 922. The van der Waals surface area contributed by atoms with Gasteiger partial charge in [-0.05, 0) is 61.4 Å². The van der Waals surface area contributed by atoms with Gasteiger partial charge >= 0.3 is 0 Å². The van der Waals surface area contributed by atoms with Crippen molar-refractivity contribution < 1.29 is 9.59 Å². The van der Waals surface area contributed by atoms with Crippen molar-refractivity contribution in [3.05, 3.63) is 58.6 Å². The van der Waals surface area contributed by atoms with Gasteiger partial charge in [-0.3, -0.25) is 9.59 Å². The molecule has 0 spiro atoms. The third-order valence-electron chi connectivity index (χ3n) is 6.80. The van der Waals surface area contributed by atoms with Crippen molar-refractivity contribution in [1.29, 1.82) is 0 Å². The molecule has 0 unspecified atom stereocenters. The number of amides is 1. The normalized spacial score (nSPS) is 18.9. The Morgan fingerprint density at radius 1 is 1.03 bits per heavy atom. The summed E-state index contributed by atoms with van der Waals surface area (Å²) < 4.78 is 0. The average Bonchev–Trinajstić information content (AvgIpc) is 2.71. The first kappa shape index (κ1) is 20.2. The summed E-state index contributed by atoms with van der Waals surface area (Å²) in [5.74, 6) is 0.500. The molecule has 0 N–H and O–H groups in total. The first-order valence-corrected chi connectivity index (χ1v) is 11.0. The van der Waals surface area contributed by atoms with Crippen molar-refractivity contribution in [1.82, 2.24) is 4.90 Å². The van der Waals surface area contributed by atoms with Crippen molar-refractivity contribution >= 4 is 23.3 Å². The van der Waals surface area contributed by atoms with E-state index in [-0.39, 0.29) is 23.0 Å². The van der Waals surface area contributed by atoms with Gasteiger partial charge < -0.3 is 4.90 Å². The fourth-order valence-electron chi connectivity index (χ4n) is 4.65. The molecule has 3 nitrogen and oxygen atoms in total. The van der Waals surface area contributed by atoms with Crippen LogP contribution in [-0.4, -0.2) is 29.7 Å². The lowest BCUT2D eigenvalue weighted by Crippen LogP contribution is -2.49. The van der Waals surface area contributed by atoms with Crippen molar-refractivity contribution in [3.8, 4) is 11.1 Å². The Hall–Kier alpha value is -2.13. The number of Topliss-reactive ketones (excluding diaryl/α,β-unsaturated/α-hetero) is 1. The zero-order valence-electron chi connectivity index (χ0n) is 17.2. The largest absolute Gasteiger partial charge is 0.342 e. The minimum absolute atomic E-state index is 0.0105. The number of piperidine rings is 1. The highest BCUT2D eigenvalue weighted by Crippen LogP contribution is 2.42. The molecule has 0 atom stereocenters. The van der Waals surface area contributed by atoms with E-state index in [9.17, 15) is 9.59 Å². The number of aryl methyl sites for hydroxylation is 1. The van der Waals surface area contributed by atoms with E-state index in [1.807, 2.05) is 54.3 Å². The Kier molecular flexibility index (Phi) is 5.52. The minimum atomic E-state index is -0.146. The minimum Gasteiger partial charge on any atom is -0.342 e. The molecular weight excluding hydrogens is 382 g/mol. The Labute approximate surface area is 178 Å². The zero-order chi connectivity index (χ0) is 20.6. The number of nitrogens with zero attached hydrogens (tertiary/aromatic N) is 1. The van der Waals surface area contributed by atoms with Gasteiger partial charge in [-0.15, -0.1) is 0 Å². The van der Waals surface area contributed by atoms with Crippen LogP contribution in [0.2, 0.25) is 5.02 Å². The molecule has 0 radical (unpaired) electrons. The maximum absolute atomic E-state index is 13.0. The van der Waals surface area contributed by atoms with E-state index >= 15 is 0 Å². The summed E-state index contributed by atoms with van der Waals surface area (Å²) in [6, 6.07) is 13.7. The van der Waals surface area contributed by atoms with Crippen LogP contribution in [0.5, 0.6) is 0 Å². The number of halogens is 1. The predicted octanol–water partition coefficient (Wildman–Crippen LogP) is 5.93. The molecule has 4 heteroatoms. The van der Waals surface area contributed by atoms with Crippen LogP contribution in [0, 0.1) is 18.3 Å². The van der Waals surface area contributed by atoms with Crippen LogP contribution in [-0.2, 0) is 4.79 Å². The second-order valence-electron chi connectivity index (χ2n) is 8.88. The molecular formula is C25H28ClNO2. The van der Waals surface area contributed by atoms with Gasteiger partial charge in [0, 0.05) is 35.0 Å². The van der Waals surface area contributed by atoms with Gasteiger partial charge in [-0.1, -0.05) is 55.3 Å². The second-order valence-corrected chi connectivity index (χ2v) is 9.32. The Morgan fingerprint density at radius 3 is 2.24 bits per heavy atom. The number of carbonyl (C=O) groups is 2. The highest BCUT2D eigenvalue weighted by atomic mass is 35.5. The molecule has 2 aromatic rings. The number of hydrogen-bond donors (Lipinski definition) is 0. The van der Waals surface area contributed by atoms with Crippen LogP contribution < -0.4 is 0 Å². The third-order valence-corrected chi connectivity index (χ3v) is 7.03. The third kappa shape index (κ3) is 3.98. The summed E-state index contributed by atoms with van der Waals surface area (Å²) in [6.45, 7) is 5.53. The van der Waals surface area contributed by atoms with Crippen molar-refractivity contribution in [3.63, 3.8) is 0 Å². The molecule has 29 heavy (non-hydrogen) atoms. The van der Waals surface area contributed by atoms with Crippen LogP contribution >= 0.6 is 11.6 Å². The molecule has 1 aliphatic heterocycles. The van der Waals surface area contributed by atoms with Gasteiger partial charge in [0.15, 0.2) is 5.78 Å². The molecule has 1 heterocycles. The maximum Gasteiger partial charge on any atom is 0.228 e. The smallest absolute Gasteiger partial charge is 0.228 e. The fourth-order valence-corrected chi connectivity index (χ4v) is 4.87. The molecule has 4 rings (SSSR count). The summed E-state index contributed by atoms with van der Waals surface area (Å²) in [5.41, 5.74) is 3.95. The monoisotopic (exact) mass is 409 g/mol. The number of likely N-dealkylation sites (tertiary alicyclic amines) is 1. The lowest BCUT2D eigenvalue weighted by molar-refractivity contribution is -0.147. The van der Waals surface area contributed by atoms with Crippen LogP contribution in [0.3, 0.4) is 0 Å². The van der Waals surface area contributed by atoms with Crippen molar-refractivity contribution in [2.75, 3.05) is 13.1 Å². The molecule has 0 aromatic heterocycles. The van der Waals surface area contributed by atoms with E-state index < -0.39 is 0 Å². The van der Waals surface area contributed by atoms with Crippen LogP contribution in [0.4, 0.5) is 0 Å². The predicted molar refractivity (Wildman–Crippen MR) is 117 cm³/mol. The highest BCUT2D eigenvalue weighted by molar-refractivity contribution is 6.30. The highest BCUT2D eigenvalue weighted by Gasteiger charge is 2.42. The first-order valence-electron chi connectivity index (χ1n) is 10.6. The molecule has 2 fully saturated rings. The van der Waals surface area contributed by atoms with Crippen molar-refractivity contribution in [2.24, 2.45) is 11.3 Å². The number of hydrogen-bond acceptors (Lipinski definition) is 2. The summed E-state index contributed by atoms with van der Waals surface area (Å²) in [7, 11) is 0. The SMILES string of the molecule is Cc1cc(Cl)ccc1-c1ccc(C(=O)C2CCN(C(=O)C3(C)CCC3)CC2)cc1. The fraction of sp³-hybridized carbons (Fsp3) is 0.440. The van der Waals surface area contributed by atoms with Gasteiger partial charge in [-0.2, -0.15) is 0 Å². The summed E-state index contributed by atoms with van der Waals surface area (Å²) in [6.07, 6.45) is 4.69. The molecule has 1 saturated heterocycles. The van der Waals surface area contributed by atoms with E-state index in [4.69, 9.17) is 11.6 Å². The van der Waals surface area contributed by atoms with Crippen LogP contribution in [0.1, 0.15) is 54.9 Å². The molecule has 152 valence electrons. The Balaban J connectivity index is 1.39. The van der Waals surface area contributed by atoms with Crippen LogP contribution in [0.15, 0.2) is 42.5 Å². The van der Waals surface area contributed by atoms with Crippen molar-refractivity contribution in [2.45, 2.75) is 46.0 Å². The lowest BCUT2D eigenvalue weighted by Gasteiger charge is -2.42. The van der Waals surface area contributed by atoms with Gasteiger partial charge in [0.1, 0.15) is 0 Å². The molecule has 1 aliphatic carbocycles. The van der Waals surface area contributed by atoms with E-state index in [2.05, 4.69) is 6.92 Å². The summed E-state index contributed by atoms with van der Waals surface area (Å²) in [5, 5.41) is 0.731. The van der Waals surface area contributed by atoms with Crippen LogP contribution in [0.25, 0.3) is 11.1 Å². The standard InChI is InChI=1S/C25H28ClNO2/c1-17-16-21(26)8-9-22(17)18-4-6-19(7-5-18)23(28)20-10-14-27(15-11-20)24(29)25(2)12-3-13-25/h4-9,16,20H,3,10-15H2,1-2H3. The number of rotatable bonds is 4. The zero-order valence-corrected chi connectivity index (χ0v) is 18.0. The average molecular weight is 410 g/mol. The lowest BCUT2D eigenvalue weighted by atomic mass is 9.69. The number of carbonyl (C=O) groups excluding carboxylic acids is 2. The Morgan fingerprint density at radius 2 is 1.69 bits per heavy atom. The maximum atomic E-state index is 13.0. The molecule has 1 amide bonds. The van der Waals surface area contributed by atoms with Gasteiger partial charge in [0.25, 0.3) is 0 Å². The first-order chi connectivity index (χ1) is 13.9. The molecule has 0 bridgehead atoms. The molecule has 2 aromatic carbocycles.